The van der Waals surface area contributed by atoms with Gasteiger partial charge in [-0.3, -0.25) is 0 Å². The minimum atomic E-state index is -1.89. The first-order valence-corrected chi connectivity index (χ1v) is 10.3. The lowest BCUT2D eigenvalue weighted by atomic mass is 10.3. The van der Waals surface area contributed by atoms with E-state index in [0.29, 0.717) is 33.5 Å². The Morgan fingerprint density at radius 1 is 1.04 bits per heavy atom. The molecule has 23 heavy (non-hydrogen) atoms. The number of rotatable bonds is 3. The molecule has 2 rings (SSSR count). The fraction of sp³-hybridized carbons (Fsp3) is 0.588. The number of halogens is 1. The summed E-state index contributed by atoms with van der Waals surface area (Å²) < 4.78 is 15.5. The molecule has 0 saturated carbocycles. The van der Waals surface area contributed by atoms with E-state index in [1.165, 1.54) is 0 Å². The van der Waals surface area contributed by atoms with Gasteiger partial charge in [0.05, 0.1) is 6.33 Å². The number of fused-ring (bicyclic) bond motifs is 1. The first-order chi connectivity index (χ1) is 10.7. The zero-order valence-electron chi connectivity index (χ0n) is 15.0. The van der Waals surface area contributed by atoms with Crippen molar-refractivity contribution in [2.75, 3.05) is 0 Å². The second kappa shape index (κ2) is 6.40. The summed E-state index contributed by atoms with van der Waals surface area (Å²) in [6, 6.07) is 0. The van der Waals surface area contributed by atoms with Crippen LogP contribution in [0.2, 0.25) is 16.6 Å². The summed E-state index contributed by atoms with van der Waals surface area (Å²) in [5.41, 5.74) is 6.61. The third kappa shape index (κ3) is 3.02. The smallest absolute Gasteiger partial charge is 0.311 e. The monoisotopic (exact) mass is 332 g/mol. The zero-order valence-corrected chi connectivity index (χ0v) is 16.0. The number of nitrogens with zero attached hydrogens (tertiary/aromatic N) is 4. The van der Waals surface area contributed by atoms with Crippen LogP contribution in [0.3, 0.4) is 0 Å². The predicted octanol–water partition coefficient (Wildman–Crippen LogP) is 4.07. The summed E-state index contributed by atoms with van der Waals surface area (Å²) in [6.45, 7) is 13.5. The maximum Gasteiger partial charge on any atom is 0.311 e. The molecule has 0 N–H and O–H groups in total. The highest BCUT2D eigenvalue weighted by molar-refractivity contribution is 6.90. The van der Waals surface area contributed by atoms with E-state index in [2.05, 4.69) is 68.0 Å². The lowest BCUT2D eigenvalue weighted by Gasteiger charge is -2.38. The van der Waals surface area contributed by atoms with E-state index in [0.717, 1.165) is 0 Å². The third-order valence-electron chi connectivity index (χ3n) is 4.81. The van der Waals surface area contributed by atoms with Crippen LogP contribution in [0.15, 0.2) is 6.33 Å². The van der Waals surface area contributed by atoms with E-state index >= 15 is 0 Å². The highest BCUT2D eigenvalue weighted by Crippen LogP contribution is 2.40. The molecular formula is C17H25FN4Si. The molecule has 0 aliphatic carbocycles. The van der Waals surface area contributed by atoms with Crippen LogP contribution in [-0.2, 0) is 7.05 Å². The molecule has 6 heteroatoms. The van der Waals surface area contributed by atoms with E-state index in [9.17, 15) is 4.39 Å². The van der Waals surface area contributed by atoms with E-state index in [4.69, 9.17) is 0 Å². The Kier molecular flexibility index (Phi) is 4.90. The number of aromatic nitrogens is 4. The molecule has 0 bridgehead atoms. The lowest BCUT2D eigenvalue weighted by molar-refractivity contribution is 0.542. The molecular weight excluding hydrogens is 307 g/mol. The first-order valence-electron chi connectivity index (χ1n) is 8.07. The molecule has 0 saturated heterocycles. The summed E-state index contributed by atoms with van der Waals surface area (Å²) in [5.74, 6) is 3.20. The van der Waals surface area contributed by atoms with Crippen LogP contribution in [0.4, 0.5) is 4.39 Å². The fourth-order valence-corrected chi connectivity index (χ4v) is 8.92. The Hall–Kier alpha value is -1.74. The Morgan fingerprint density at radius 2 is 1.61 bits per heavy atom. The molecule has 2 aromatic rings. The van der Waals surface area contributed by atoms with Crippen LogP contribution >= 0.6 is 0 Å². The minimum Gasteiger partial charge on any atom is -0.330 e. The van der Waals surface area contributed by atoms with Gasteiger partial charge in [-0.2, -0.15) is 14.4 Å². The Labute approximate surface area is 138 Å². The summed E-state index contributed by atoms with van der Waals surface area (Å²) in [7, 11) is -0.0387. The summed E-state index contributed by atoms with van der Waals surface area (Å²) in [6.07, 6.45) is 0.841. The molecule has 0 aliphatic rings. The van der Waals surface area contributed by atoms with Crippen LogP contribution in [0.25, 0.3) is 11.2 Å². The van der Waals surface area contributed by atoms with Gasteiger partial charge in [0.1, 0.15) is 19.3 Å². The van der Waals surface area contributed by atoms with Crippen molar-refractivity contribution in [1.82, 2.24) is 19.5 Å². The SMILES string of the molecule is CC(C)[Si](C#Cc1nc(F)nc2ncn(C)c12)(C(C)C)C(C)C. The van der Waals surface area contributed by atoms with Gasteiger partial charge in [0.15, 0.2) is 5.65 Å². The zero-order chi connectivity index (χ0) is 17.4. The van der Waals surface area contributed by atoms with Crippen molar-refractivity contribution in [3.63, 3.8) is 0 Å². The van der Waals surface area contributed by atoms with Crippen LogP contribution in [-0.4, -0.2) is 27.6 Å². The molecule has 0 amide bonds. The van der Waals surface area contributed by atoms with Crippen molar-refractivity contribution in [2.24, 2.45) is 7.05 Å². The van der Waals surface area contributed by atoms with Crippen LogP contribution in [0, 0.1) is 17.5 Å². The summed E-state index contributed by atoms with van der Waals surface area (Å²) in [4.78, 5) is 11.8. The van der Waals surface area contributed by atoms with Gasteiger partial charge in [0.2, 0.25) is 0 Å². The van der Waals surface area contributed by atoms with Crippen molar-refractivity contribution in [3.8, 4) is 11.5 Å². The summed E-state index contributed by atoms with van der Waals surface area (Å²) in [5, 5.41) is 0. The highest BCUT2D eigenvalue weighted by atomic mass is 28.3. The predicted molar refractivity (Wildman–Crippen MR) is 94.2 cm³/mol. The molecule has 0 aliphatic heterocycles. The highest BCUT2D eigenvalue weighted by Gasteiger charge is 2.41. The molecule has 2 aromatic heterocycles. The maximum atomic E-state index is 13.7. The number of imidazole rings is 1. The van der Waals surface area contributed by atoms with Crippen molar-refractivity contribution < 1.29 is 4.39 Å². The molecule has 0 radical (unpaired) electrons. The number of aryl methyl sites for hydroxylation is 1. The molecule has 0 spiro atoms. The normalized spacial score (nSPS) is 12.3. The first kappa shape index (κ1) is 17.6. The average molecular weight is 332 g/mol. The van der Waals surface area contributed by atoms with Gasteiger partial charge in [0.25, 0.3) is 0 Å². The number of hydrogen-bond donors (Lipinski definition) is 0. The molecule has 124 valence electrons. The van der Waals surface area contributed by atoms with Crippen molar-refractivity contribution in [1.29, 1.82) is 0 Å². The molecule has 4 nitrogen and oxygen atoms in total. The number of hydrogen-bond acceptors (Lipinski definition) is 3. The average Bonchev–Trinajstić information content (AvgIpc) is 2.79. The standard InChI is InChI=1S/C17H25FN4Si/c1-11(2)23(12(3)4,13(5)6)9-8-14-15-16(19-10-22(15)7)21-17(18)20-14/h10-13H,1-7H3. The van der Waals surface area contributed by atoms with Gasteiger partial charge < -0.3 is 4.57 Å². The quantitative estimate of drug-likeness (QED) is 0.483. The van der Waals surface area contributed by atoms with Gasteiger partial charge in [-0.25, -0.2) is 4.98 Å². The van der Waals surface area contributed by atoms with Gasteiger partial charge in [-0.1, -0.05) is 47.5 Å². The molecule has 0 aromatic carbocycles. The van der Waals surface area contributed by atoms with E-state index in [1.54, 1.807) is 10.9 Å². The van der Waals surface area contributed by atoms with Gasteiger partial charge in [-0.15, -0.1) is 5.54 Å². The second-order valence-electron chi connectivity index (χ2n) is 7.02. The van der Waals surface area contributed by atoms with E-state index in [-0.39, 0.29) is 0 Å². The molecule has 0 fully saturated rings. The fourth-order valence-electron chi connectivity index (χ4n) is 3.72. The van der Waals surface area contributed by atoms with E-state index in [1.807, 2.05) is 7.05 Å². The third-order valence-corrected chi connectivity index (χ3v) is 11.1. The van der Waals surface area contributed by atoms with Crippen LogP contribution in [0.5, 0.6) is 0 Å². The van der Waals surface area contributed by atoms with Crippen LogP contribution < -0.4 is 0 Å². The van der Waals surface area contributed by atoms with Crippen LogP contribution in [0.1, 0.15) is 47.2 Å². The second-order valence-corrected chi connectivity index (χ2v) is 12.6. The Morgan fingerprint density at radius 3 is 2.13 bits per heavy atom. The lowest BCUT2D eigenvalue weighted by Crippen LogP contribution is -2.43. The maximum absolute atomic E-state index is 13.7. The topological polar surface area (TPSA) is 43.6 Å². The van der Waals surface area contributed by atoms with Gasteiger partial charge >= 0.3 is 6.08 Å². The van der Waals surface area contributed by atoms with Gasteiger partial charge in [-0.05, 0) is 16.6 Å². The van der Waals surface area contributed by atoms with Gasteiger partial charge in [0, 0.05) is 7.05 Å². The summed E-state index contributed by atoms with van der Waals surface area (Å²) >= 11 is 0. The molecule has 0 atom stereocenters. The minimum absolute atomic E-state index is 0.357. The van der Waals surface area contributed by atoms with Crippen molar-refractivity contribution in [2.45, 2.75) is 58.2 Å². The molecule has 0 unspecified atom stereocenters. The van der Waals surface area contributed by atoms with Crippen molar-refractivity contribution >= 4 is 19.2 Å². The molecule has 2 heterocycles. The Bertz CT molecular complexity index is 746. The van der Waals surface area contributed by atoms with Crippen molar-refractivity contribution in [3.05, 3.63) is 18.1 Å². The largest absolute Gasteiger partial charge is 0.330 e. The van der Waals surface area contributed by atoms with E-state index < -0.39 is 14.2 Å². The Balaban J connectivity index is 2.66.